The summed E-state index contributed by atoms with van der Waals surface area (Å²) in [6.07, 6.45) is 4.07. The van der Waals surface area contributed by atoms with Gasteiger partial charge in [0, 0.05) is 25.0 Å². The molecule has 6 heteroatoms. The first-order valence-corrected chi connectivity index (χ1v) is 8.14. The molecule has 0 aromatic carbocycles. The van der Waals surface area contributed by atoms with Crippen LogP contribution in [0.4, 0.5) is 5.13 Å². The minimum absolute atomic E-state index is 0.165. The van der Waals surface area contributed by atoms with Gasteiger partial charge in [0.05, 0.1) is 12.1 Å². The molecule has 1 aliphatic rings. The third kappa shape index (κ3) is 4.76. The van der Waals surface area contributed by atoms with Crippen molar-refractivity contribution in [3.05, 3.63) is 11.1 Å². The summed E-state index contributed by atoms with van der Waals surface area (Å²) in [5, 5.41) is 11.8. The number of carbonyl (C=O) groups is 1. The molecule has 20 heavy (non-hydrogen) atoms. The van der Waals surface area contributed by atoms with E-state index in [-0.39, 0.29) is 6.42 Å². The minimum atomic E-state index is -0.749. The van der Waals surface area contributed by atoms with Crippen molar-refractivity contribution in [3.63, 3.8) is 0 Å². The van der Waals surface area contributed by atoms with E-state index in [2.05, 4.69) is 14.8 Å². The van der Waals surface area contributed by atoms with Crippen molar-refractivity contribution >= 4 is 22.4 Å². The van der Waals surface area contributed by atoms with Crippen molar-refractivity contribution in [1.82, 2.24) is 9.88 Å². The maximum atomic E-state index is 10.8. The van der Waals surface area contributed by atoms with Gasteiger partial charge in [0.25, 0.3) is 0 Å². The topological polar surface area (TPSA) is 56.7 Å². The first kappa shape index (κ1) is 15.3. The van der Waals surface area contributed by atoms with Gasteiger partial charge in [-0.05, 0) is 32.9 Å². The van der Waals surface area contributed by atoms with Gasteiger partial charge in [0.1, 0.15) is 0 Å². The fourth-order valence-corrected chi connectivity index (χ4v) is 3.32. The molecule has 0 atom stereocenters. The summed E-state index contributed by atoms with van der Waals surface area (Å²) in [7, 11) is 0. The second kappa shape index (κ2) is 7.59. The van der Waals surface area contributed by atoms with E-state index in [1.165, 1.54) is 32.4 Å². The summed E-state index contributed by atoms with van der Waals surface area (Å²) in [6.45, 7) is 6.71. The number of nitrogens with zero attached hydrogens (tertiary/aromatic N) is 3. The Hall–Kier alpha value is -1.14. The Morgan fingerprint density at radius 1 is 1.40 bits per heavy atom. The van der Waals surface area contributed by atoms with Crippen molar-refractivity contribution in [2.45, 2.75) is 32.6 Å². The molecule has 0 saturated carbocycles. The van der Waals surface area contributed by atoms with Crippen LogP contribution >= 0.6 is 11.3 Å². The van der Waals surface area contributed by atoms with E-state index < -0.39 is 5.97 Å². The van der Waals surface area contributed by atoms with Gasteiger partial charge in [-0.25, -0.2) is 4.98 Å². The fraction of sp³-hybridized carbons (Fsp3) is 0.714. The average molecular weight is 297 g/mol. The van der Waals surface area contributed by atoms with E-state index in [1.54, 1.807) is 11.3 Å². The summed E-state index contributed by atoms with van der Waals surface area (Å²) in [5.41, 5.74) is 1.00. The predicted molar refractivity (Wildman–Crippen MR) is 81.6 cm³/mol. The van der Waals surface area contributed by atoms with Crippen LogP contribution in [0, 0.1) is 6.92 Å². The second-order valence-corrected chi connectivity index (χ2v) is 6.14. The molecule has 0 amide bonds. The molecule has 1 N–H and O–H groups in total. The number of thiazole rings is 1. The largest absolute Gasteiger partial charge is 0.481 e. The van der Waals surface area contributed by atoms with Crippen LogP contribution in [-0.2, 0) is 4.79 Å². The molecular formula is C14H23N3O2S. The monoisotopic (exact) mass is 297 g/mol. The quantitative estimate of drug-likeness (QED) is 0.836. The van der Waals surface area contributed by atoms with Crippen LogP contribution < -0.4 is 4.90 Å². The Balaban J connectivity index is 1.89. The molecule has 0 aliphatic carbocycles. The first-order chi connectivity index (χ1) is 9.65. The van der Waals surface area contributed by atoms with Gasteiger partial charge in [-0.15, -0.1) is 11.3 Å². The van der Waals surface area contributed by atoms with Crippen molar-refractivity contribution < 1.29 is 9.90 Å². The molecule has 0 radical (unpaired) electrons. The maximum absolute atomic E-state index is 10.8. The van der Waals surface area contributed by atoms with Crippen molar-refractivity contribution in [2.75, 3.05) is 37.6 Å². The molecule has 1 aromatic heterocycles. The summed E-state index contributed by atoms with van der Waals surface area (Å²) < 4.78 is 0. The zero-order valence-electron chi connectivity index (χ0n) is 12.0. The molecule has 2 rings (SSSR count). The molecule has 0 unspecified atom stereocenters. The van der Waals surface area contributed by atoms with Crippen LogP contribution in [0.5, 0.6) is 0 Å². The van der Waals surface area contributed by atoms with Crippen molar-refractivity contribution in [2.24, 2.45) is 0 Å². The standard InChI is InChI=1S/C14H23N3O2S/c1-12-11-20-14(15-12)17(8-5-13(18)19)10-9-16-6-3-2-4-7-16/h11H,2-10H2,1H3,(H,18,19). The lowest BCUT2D eigenvalue weighted by Crippen LogP contribution is -2.38. The van der Waals surface area contributed by atoms with Crippen molar-refractivity contribution in [3.8, 4) is 0 Å². The van der Waals surface area contributed by atoms with Gasteiger partial charge in [0.15, 0.2) is 5.13 Å². The number of likely N-dealkylation sites (tertiary alicyclic amines) is 1. The lowest BCUT2D eigenvalue weighted by molar-refractivity contribution is -0.136. The summed E-state index contributed by atoms with van der Waals surface area (Å²) in [4.78, 5) is 19.9. The number of hydrogen-bond donors (Lipinski definition) is 1. The Morgan fingerprint density at radius 2 is 2.15 bits per heavy atom. The number of anilines is 1. The van der Waals surface area contributed by atoms with E-state index in [4.69, 9.17) is 5.11 Å². The van der Waals surface area contributed by atoms with E-state index in [9.17, 15) is 4.79 Å². The number of piperidine rings is 1. The second-order valence-electron chi connectivity index (χ2n) is 5.30. The summed E-state index contributed by atoms with van der Waals surface area (Å²) >= 11 is 1.60. The fourth-order valence-electron chi connectivity index (χ4n) is 2.47. The molecule has 1 aromatic rings. The molecule has 112 valence electrons. The van der Waals surface area contributed by atoms with Crippen LogP contribution in [-0.4, -0.2) is 53.7 Å². The normalized spacial score (nSPS) is 16.2. The van der Waals surface area contributed by atoms with Gasteiger partial charge in [-0.2, -0.15) is 0 Å². The van der Waals surface area contributed by atoms with Gasteiger partial charge in [-0.3, -0.25) is 4.79 Å². The SMILES string of the molecule is Cc1csc(N(CCC(=O)O)CCN2CCCCC2)n1. The number of hydrogen-bond acceptors (Lipinski definition) is 5. The summed E-state index contributed by atoms with van der Waals surface area (Å²) in [6, 6.07) is 0. The number of aryl methyl sites for hydroxylation is 1. The maximum Gasteiger partial charge on any atom is 0.305 e. The number of aromatic nitrogens is 1. The highest BCUT2D eigenvalue weighted by atomic mass is 32.1. The van der Waals surface area contributed by atoms with Crippen molar-refractivity contribution in [1.29, 1.82) is 0 Å². The van der Waals surface area contributed by atoms with E-state index in [1.807, 2.05) is 12.3 Å². The highest BCUT2D eigenvalue weighted by Crippen LogP contribution is 2.20. The van der Waals surface area contributed by atoms with Crippen LogP contribution in [0.25, 0.3) is 0 Å². The molecule has 1 aliphatic heterocycles. The molecular weight excluding hydrogens is 274 g/mol. The third-order valence-electron chi connectivity index (χ3n) is 3.61. The lowest BCUT2D eigenvalue weighted by Gasteiger charge is -2.29. The highest BCUT2D eigenvalue weighted by Gasteiger charge is 2.15. The zero-order chi connectivity index (χ0) is 14.4. The summed E-state index contributed by atoms with van der Waals surface area (Å²) in [5.74, 6) is -0.749. The van der Waals surface area contributed by atoms with Gasteiger partial charge >= 0.3 is 5.97 Å². The molecule has 1 fully saturated rings. The molecule has 0 spiro atoms. The van der Waals surface area contributed by atoms with Crippen LogP contribution in [0.3, 0.4) is 0 Å². The smallest absolute Gasteiger partial charge is 0.305 e. The van der Waals surface area contributed by atoms with Crippen LogP contribution in [0.15, 0.2) is 5.38 Å². The van der Waals surface area contributed by atoms with Gasteiger partial charge in [0.2, 0.25) is 0 Å². The molecule has 0 bridgehead atoms. The molecule has 5 nitrogen and oxygen atoms in total. The molecule has 1 saturated heterocycles. The van der Waals surface area contributed by atoms with Gasteiger partial charge in [-0.1, -0.05) is 6.42 Å². The number of carboxylic acids is 1. The molecule has 2 heterocycles. The minimum Gasteiger partial charge on any atom is -0.481 e. The predicted octanol–water partition coefficient (Wildman–Crippen LogP) is 2.22. The van der Waals surface area contributed by atoms with Crippen LogP contribution in [0.1, 0.15) is 31.4 Å². The Bertz CT molecular complexity index is 430. The number of rotatable bonds is 7. The first-order valence-electron chi connectivity index (χ1n) is 7.26. The van der Waals surface area contributed by atoms with Gasteiger partial charge < -0.3 is 14.9 Å². The van der Waals surface area contributed by atoms with E-state index in [0.29, 0.717) is 6.54 Å². The average Bonchev–Trinajstić information content (AvgIpc) is 2.86. The number of aliphatic carboxylic acids is 1. The lowest BCUT2D eigenvalue weighted by atomic mass is 10.1. The zero-order valence-corrected chi connectivity index (χ0v) is 12.9. The van der Waals surface area contributed by atoms with E-state index >= 15 is 0 Å². The Morgan fingerprint density at radius 3 is 2.75 bits per heavy atom. The van der Waals surface area contributed by atoms with Crippen LogP contribution in [0.2, 0.25) is 0 Å². The number of carboxylic acid groups (broad SMARTS) is 1. The highest BCUT2D eigenvalue weighted by molar-refractivity contribution is 7.13. The third-order valence-corrected chi connectivity index (χ3v) is 4.63. The van der Waals surface area contributed by atoms with E-state index in [0.717, 1.165) is 23.9 Å². The Labute approximate surface area is 124 Å². The Kier molecular flexibility index (Phi) is 5.79.